The minimum Gasteiger partial charge on any atom is -0.481 e. The molecule has 4 rings (SSSR count). The number of carboxylic acid groups (broad SMARTS) is 1. The van der Waals surface area contributed by atoms with Crippen molar-refractivity contribution < 1.29 is 24.2 Å². The van der Waals surface area contributed by atoms with Crippen molar-refractivity contribution >= 4 is 29.1 Å². The number of aliphatic carboxylic acids is 1. The SMILES string of the molecule is NC(=O)[C@H](CCC(=O)O)N1Cc2c(csc2CCc2ccc(CN3CCOCC3)cc2)C1=O. The van der Waals surface area contributed by atoms with Crippen LogP contribution in [0.3, 0.4) is 0 Å². The largest absolute Gasteiger partial charge is 0.481 e. The zero-order valence-electron chi connectivity index (χ0n) is 18.5. The van der Waals surface area contributed by atoms with Gasteiger partial charge in [0.05, 0.1) is 18.8 Å². The molecule has 3 N–H and O–H groups in total. The lowest BCUT2D eigenvalue weighted by atomic mass is 10.0. The number of thiophene rings is 1. The normalized spacial score (nSPS) is 17.2. The second-order valence-corrected chi connectivity index (χ2v) is 9.50. The predicted molar refractivity (Wildman–Crippen MR) is 124 cm³/mol. The number of carbonyl (C=O) groups is 3. The van der Waals surface area contributed by atoms with Crippen molar-refractivity contribution in [3.8, 4) is 0 Å². The average molecular weight is 472 g/mol. The van der Waals surface area contributed by atoms with Crippen LogP contribution in [0.5, 0.6) is 0 Å². The van der Waals surface area contributed by atoms with Gasteiger partial charge in [-0.25, -0.2) is 0 Å². The summed E-state index contributed by atoms with van der Waals surface area (Å²) in [6.07, 6.45) is 1.48. The summed E-state index contributed by atoms with van der Waals surface area (Å²) >= 11 is 1.57. The van der Waals surface area contributed by atoms with E-state index in [0.29, 0.717) is 12.1 Å². The highest BCUT2D eigenvalue weighted by Crippen LogP contribution is 2.34. The molecule has 9 heteroatoms. The average Bonchev–Trinajstić information content (AvgIpc) is 3.34. The Labute approximate surface area is 196 Å². The minimum absolute atomic E-state index is 0.0241. The standard InChI is InChI=1S/C24H29N3O5S/c25-23(30)20(6-8-22(28)29)27-14-18-19(24(27)31)15-33-21(18)7-5-16-1-3-17(4-2-16)13-26-9-11-32-12-10-26/h1-4,15,20H,5-14H2,(H2,25,30)(H,28,29)/t20-/m0/s1. The molecule has 2 amide bonds. The quantitative estimate of drug-likeness (QED) is 0.548. The number of nitrogens with zero attached hydrogens (tertiary/aromatic N) is 2. The van der Waals surface area contributed by atoms with Crippen molar-refractivity contribution in [2.75, 3.05) is 26.3 Å². The molecule has 0 spiro atoms. The molecule has 2 aliphatic heterocycles. The van der Waals surface area contributed by atoms with Crippen LogP contribution >= 0.6 is 11.3 Å². The third kappa shape index (κ3) is 5.61. The van der Waals surface area contributed by atoms with Crippen LogP contribution in [0, 0.1) is 0 Å². The Balaban J connectivity index is 1.36. The molecule has 176 valence electrons. The van der Waals surface area contributed by atoms with Crippen LogP contribution in [0.15, 0.2) is 29.6 Å². The summed E-state index contributed by atoms with van der Waals surface area (Å²) in [6.45, 7) is 4.76. The number of rotatable bonds is 10. The number of benzene rings is 1. The molecule has 1 atom stereocenters. The number of carbonyl (C=O) groups excluding carboxylic acids is 2. The second-order valence-electron chi connectivity index (χ2n) is 8.54. The second kappa shape index (κ2) is 10.5. The van der Waals surface area contributed by atoms with Crippen molar-refractivity contribution in [3.63, 3.8) is 0 Å². The third-order valence-corrected chi connectivity index (χ3v) is 7.40. The van der Waals surface area contributed by atoms with Crippen LogP contribution in [0.25, 0.3) is 0 Å². The Bertz CT molecular complexity index is 1010. The maximum atomic E-state index is 12.8. The van der Waals surface area contributed by atoms with Gasteiger partial charge in [0.25, 0.3) is 5.91 Å². The molecule has 0 aliphatic carbocycles. The number of morpholine rings is 1. The maximum Gasteiger partial charge on any atom is 0.303 e. The van der Waals surface area contributed by atoms with Gasteiger partial charge in [0.2, 0.25) is 5.91 Å². The summed E-state index contributed by atoms with van der Waals surface area (Å²) < 4.78 is 5.40. The number of carboxylic acids is 1. The lowest BCUT2D eigenvalue weighted by molar-refractivity contribution is -0.137. The van der Waals surface area contributed by atoms with Crippen LogP contribution in [0.1, 0.15) is 44.8 Å². The van der Waals surface area contributed by atoms with E-state index in [0.717, 1.165) is 56.1 Å². The fourth-order valence-corrected chi connectivity index (χ4v) is 5.47. The fraction of sp³-hybridized carbons (Fsp3) is 0.458. The first-order valence-corrected chi connectivity index (χ1v) is 12.1. The molecule has 0 radical (unpaired) electrons. The number of hydrogen-bond acceptors (Lipinski definition) is 6. The number of amides is 2. The van der Waals surface area contributed by atoms with E-state index in [1.54, 1.807) is 11.3 Å². The predicted octanol–water partition coefficient (Wildman–Crippen LogP) is 2.04. The van der Waals surface area contributed by atoms with Crippen LogP contribution < -0.4 is 5.73 Å². The summed E-state index contributed by atoms with van der Waals surface area (Å²) in [5.74, 6) is -1.93. The fourth-order valence-electron chi connectivity index (χ4n) is 4.43. The Hall–Kier alpha value is -2.75. The lowest BCUT2D eigenvalue weighted by Crippen LogP contribution is -2.45. The molecule has 0 saturated carbocycles. The summed E-state index contributed by atoms with van der Waals surface area (Å²) in [4.78, 5) is 40.6. The molecule has 3 heterocycles. The lowest BCUT2D eigenvalue weighted by Gasteiger charge is -2.26. The molecular formula is C24H29N3O5S. The Morgan fingerprint density at radius 3 is 2.48 bits per heavy atom. The Morgan fingerprint density at radius 1 is 1.12 bits per heavy atom. The van der Waals surface area contributed by atoms with E-state index in [1.807, 2.05) is 5.38 Å². The first-order chi connectivity index (χ1) is 15.9. The van der Waals surface area contributed by atoms with Gasteiger partial charge in [0, 0.05) is 42.9 Å². The van der Waals surface area contributed by atoms with Crippen molar-refractivity contribution in [1.29, 1.82) is 0 Å². The summed E-state index contributed by atoms with van der Waals surface area (Å²) in [7, 11) is 0. The molecular weight excluding hydrogens is 442 g/mol. The molecule has 0 unspecified atom stereocenters. The number of ether oxygens (including phenoxy) is 1. The van der Waals surface area contributed by atoms with Gasteiger partial charge in [0.15, 0.2) is 0 Å². The van der Waals surface area contributed by atoms with Gasteiger partial charge >= 0.3 is 5.97 Å². The van der Waals surface area contributed by atoms with Crippen LogP contribution in [0.4, 0.5) is 0 Å². The van der Waals surface area contributed by atoms with Crippen LogP contribution in [0.2, 0.25) is 0 Å². The molecule has 33 heavy (non-hydrogen) atoms. The monoisotopic (exact) mass is 471 g/mol. The molecule has 0 bridgehead atoms. The number of fused-ring (bicyclic) bond motifs is 1. The third-order valence-electron chi connectivity index (χ3n) is 6.31. The highest BCUT2D eigenvalue weighted by molar-refractivity contribution is 7.10. The van der Waals surface area contributed by atoms with E-state index in [1.165, 1.54) is 16.0 Å². The zero-order valence-corrected chi connectivity index (χ0v) is 19.3. The van der Waals surface area contributed by atoms with Gasteiger partial charge in [-0.2, -0.15) is 0 Å². The van der Waals surface area contributed by atoms with E-state index in [4.69, 9.17) is 15.6 Å². The maximum absolute atomic E-state index is 12.8. The molecule has 1 aromatic heterocycles. The van der Waals surface area contributed by atoms with Gasteiger partial charge < -0.3 is 20.5 Å². The zero-order chi connectivity index (χ0) is 23.4. The highest BCUT2D eigenvalue weighted by Gasteiger charge is 2.37. The number of aryl methyl sites for hydroxylation is 2. The van der Waals surface area contributed by atoms with Crippen LogP contribution in [-0.4, -0.2) is 65.0 Å². The molecule has 1 fully saturated rings. The van der Waals surface area contributed by atoms with E-state index in [-0.39, 0.29) is 18.7 Å². The van der Waals surface area contributed by atoms with Gasteiger partial charge in [-0.3, -0.25) is 19.3 Å². The van der Waals surface area contributed by atoms with Gasteiger partial charge in [-0.15, -0.1) is 11.3 Å². The summed E-state index contributed by atoms with van der Waals surface area (Å²) in [5.41, 5.74) is 9.56. The van der Waals surface area contributed by atoms with Crippen LogP contribution in [-0.2, 0) is 40.3 Å². The summed E-state index contributed by atoms with van der Waals surface area (Å²) in [6, 6.07) is 7.77. The first-order valence-electron chi connectivity index (χ1n) is 11.2. The number of hydrogen-bond donors (Lipinski definition) is 2. The molecule has 1 aromatic carbocycles. The first kappa shape index (κ1) is 23.4. The molecule has 2 aliphatic rings. The topological polar surface area (TPSA) is 113 Å². The van der Waals surface area contributed by atoms with E-state index in [9.17, 15) is 14.4 Å². The van der Waals surface area contributed by atoms with E-state index in [2.05, 4.69) is 29.2 Å². The smallest absolute Gasteiger partial charge is 0.303 e. The van der Waals surface area contributed by atoms with Crippen molar-refractivity contribution in [2.45, 2.75) is 44.8 Å². The van der Waals surface area contributed by atoms with Gasteiger partial charge in [-0.05, 0) is 36.0 Å². The van der Waals surface area contributed by atoms with Crippen molar-refractivity contribution in [1.82, 2.24) is 9.80 Å². The summed E-state index contributed by atoms with van der Waals surface area (Å²) in [5, 5.41) is 10.8. The number of nitrogens with two attached hydrogens (primary N) is 1. The van der Waals surface area contributed by atoms with Crippen molar-refractivity contribution in [2.24, 2.45) is 5.73 Å². The molecule has 1 saturated heterocycles. The van der Waals surface area contributed by atoms with E-state index < -0.39 is 17.9 Å². The molecule has 8 nitrogen and oxygen atoms in total. The van der Waals surface area contributed by atoms with Gasteiger partial charge in [-0.1, -0.05) is 24.3 Å². The minimum atomic E-state index is -1.02. The van der Waals surface area contributed by atoms with Gasteiger partial charge in [0.1, 0.15) is 6.04 Å². The Kier molecular flexibility index (Phi) is 7.42. The molecule has 2 aromatic rings. The number of primary amides is 1. The Morgan fingerprint density at radius 2 is 1.82 bits per heavy atom. The van der Waals surface area contributed by atoms with E-state index >= 15 is 0 Å². The highest BCUT2D eigenvalue weighted by atomic mass is 32.1. The van der Waals surface area contributed by atoms with Crippen molar-refractivity contribution in [3.05, 3.63) is 56.8 Å².